The number of hydrogen-bond donors (Lipinski definition) is 1. The van der Waals surface area contributed by atoms with Gasteiger partial charge in [-0.2, -0.15) is 5.26 Å². The molecular weight excluding hydrogens is 348 g/mol. The SMILES string of the molecule is Cc1ccc2nc(CSCC(=O)Nc3cccc(C#N)c3)cc(=O)n2c1. The average molecular weight is 364 g/mol. The highest BCUT2D eigenvalue weighted by Crippen LogP contribution is 2.13. The summed E-state index contributed by atoms with van der Waals surface area (Å²) in [6.45, 7) is 1.92. The van der Waals surface area contributed by atoms with E-state index < -0.39 is 0 Å². The number of carbonyl (C=O) groups excluding carboxylic acids is 1. The lowest BCUT2D eigenvalue weighted by atomic mass is 10.2. The Hall–Kier alpha value is -3.11. The number of fused-ring (bicyclic) bond motifs is 1. The highest BCUT2D eigenvalue weighted by Gasteiger charge is 2.06. The number of hydrogen-bond acceptors (Lipinski definition) is 5. The lowest BCUT2D eigenvalue weighted by molar-refractivity contribution is -0.113. The van der Waals surface area contributed by atoms with E-state index in [9.17, 15) is 9.59 Å². The molecule has 0 unspecified atom stereocenters. The van der Waals surface area contributed by atoms with Crippen molar-refractivity contribution in [3.63, 3.8) is 0 Å². The Balaban J connectivity index is 1.60. The number of pyridine rings is 1. The molecule has 0 spiro atoms. The van der Waals surface area contributed by atoms with Crippen molar-refractivity contribution in [1.29, 1.82) is 5.26 Å². The third-order valence-corrected chi connectivity index (χ3v) is 4.59. The number of aromatic nitrogens is 2. The van der Waals surface area contributed by atoms with E-state index in [1.807, 2.05) is 19.1 Å². The van der Waals surface area contributed by atoms with Crippen molar-refractivity contribution in [1.82, 2.24) is 9.38 Å². The van der Waals surface area contributed by atoms with E-state index in [-0.39, 0.29) is 17.2 Å². The minimum Gasteiger partial charge on any atom is -0.325 e. The second kappa shape index (κ2) is 7.85. The van der Waals surface area contributed by atoms with Gasteiger partial charge in [-0.3, -0.25) is 14.0 Å². The van der Waals surface area contributed by atoms with Crippen LogP contribution >= 0.6 is 11.8 Å². The molecule has 3 aromatic rings. The van der Waals surface area contributed by atoms with E-state index in [1.54, 1.807) is 36.5 Å². The summed E-state index contributed by atoms with van der Waals surface area (Å²) in [7, 11) is 0. The molecule has 0 saturated heterocycles. The molecule has 0 atom stereocenters. The molecule has 7 heteroatoms. The predicted molar refractivity (Wildman–Crippen MR) is 102 cm³/mol. The molecule has 6 nitrogen and oxygen atoms in total. The van der Waals surface area contributed by atoms with Gasteiger partial charge in [0, 0.05) is 23.7 Å². The molecule has 0 aliphatic heterocycles. The number of benzene rings is 1. The van der Waals surface area contributed by atoms with Gasteiger partial charge in [-0.25, -0.2) is 4.98 Å². The first-order chi connectivity index (χ1) is 12.5. The fourth-order valence-corrected chi connectivity index (χ4v) is 3.16. The van der Waals surface area contributed by atoms with Crippen LogP contribution in [0, 0.1) is 18.3 Å². The average Bonchev–Trinajstić information content (AvgIpc) is 2.62. The van der Waals surface area contributed by atoms with Gasteiger partial charge < -0.3 is 5.32 Å². The molecule has 1 N–H and O–H groups in total. The molecule has 130 valence electrons. The molecule has 0 fully saturated rings. The number of thioether (sulfide) groups is 1. The highest BCUT2D eigenvalue weighted by atomic mass is 32.2. The van der Waals surface area contributed by atoms with Crippen molar-refractivity contribution in [2.45, 2.75) is 12.7 Å². The van der Waals surface area contributed by atoms with Crippen LogP contribution in [0.15, 0.2) is 53.5 Å². The van der Waals surface area contributed by atoms with E-state index in [1.165, 1.54) is 22.2 Å². The summed E-state index contributed by atoms with van der Waals surface area (Å²) in [5, 5.41) is 11.6. The number of anilines is 1. The highest BCUT2D eigenvalue weighted by molar-refractivity contribution is 7.99. The van der Waals surface area contributed by atoms with Crippen molar-refractivity contribution in [3.8, 4) is 6.07 Å². The molecule has 2 aromatic heterocycles. The van der Waals surface area contributed by atoms with Crippen LogP contribution in [0.3, 0.4) is 0 Å². The molecule has 0 aliphatic carbocycles. The van der Waals surface area contributed by atoms with Crippen molar-refractivity contribution in [3.05, 3.63) is 75.8 Å². The molecule has 26 heavy (non-hydrogen) atoms. The smallest absolute Gasteiger partial charge is 0.258 e. The Morgan fingerprint density at radius 1 is 1.31 bits per heavy atom. The fraction of sp³-hybridized carbons (Fsp3) is 0.158. The van der Waals surface area contributed by atoms with Crippen molar-refractivity contribution in [2.24, 2.45) is 0 Å². The van der Waals surface area contributed by atoms with Crippen LogP contribution in [0.1, 0.15) is 16.8 Å². The van der Waals surface area contributed by atoms with Gasteiger partial charge in [0.2, 0.25) is 5.91 Å². The summed E-state index contributed by atoms with van der Waals surface area (Å²) in [4.78, 5) is 28.6. The summed E-state index contributed by atoms with van der Waals surface area (Å²) < 4.78 is 1.51. The summed E-state index contributed by atoms with van der Waals surface area (Å²) in [6, 6.07) is 14.0. The van der Waals surface area contributed by atoms with Gasteiger partial charge in [0.05, 0.1) is 23.1 Å². The number of aryl methyl sites for hydroxylation is 1. The van der Waals surface area contributed by atoms with Crippen molar-refractivity contribution >= 4 is 29.0 Å². The standard InChI is InChI=1S/C19H16N4O2S/c1-13-5-6-17-21-16(8-19(25)23(17)10-13)11-26-12-18(24)22-15-4-2-3-14(7-15)9-20/h2-8,10H,11-12H2,1H3,(H,22,24). The lowest BCUT2D eigenvalue weighted by Crippen LogP contribution is -2.16. The van der Waals surface area contributed by atoms with E-state index in [0.29, 0.717) is 28.3 Å². The molecule has 2 heterocycles. The number of amides is 1. The Kier molecular flexibility index (Phi) is 5.34. The third kappa shape index (κ3) is 4.29. The Morgan fingerprint density at radius 2 is 2.15 bits per heavy atom. The summed E-state index contributed by atoms with van der Waals surface area (Å²) in [5.41, 5.74) is 3.17. The van der Waals surface area contributed by atoms with Crippen LogP contribution < -0.4 is 10.9 Å². The summed E-state index contributed by atoms with van der Waals surface area (Å²) in [5.74, 6) is 0.523. The molecular formula is C19H16N4O2S. The molecule has 1 amide bonds. The fourth-order valence-electron chi connectivity index (χ4n) is 2.44. The molecule has 3 rings (SSSR count). The first kappa shape index (κ1) is 17.7. The van der Waals surface area contributed by atoms with Gasteiger partial charge in [-0.05, 0) is 36.8 Å². The van der Waals surface area contributed by atoms with Crippen molar-refractivity contribution < 1.29 is 4.79 Å². The van der Waals surface area contributed by atoms with Crippen LogP contribution in [0.5, 0.6) is 0 Å². The van der Waals surface area contributed by atoms with Crippen LogP contribution in [0.4, 0.5) is 5.69 Å². The first-order valence-electron chi connectivity index (χ1n) is 7.92. The lowest BCUT2D eigenvalue weighted by Gasteiger charge is -2.06. The van der Waals surface area contributed by atoms with E-state index in [2.05, 4.69) is 10.3 Å². The minimum atomic E-state index is -0.168. The van der Waals surface area contributed by atoms with Gasteiger partial charge in [-0.15, -0.1) is 11.8 Å². The Labute approximate surface area is 154 Å². The van der Waals surface area contributed by atoms with E-state index >= 15 is 0 Å². The minimum absolute atomic E-state index is 0.132. The molecule has 1 aromatic carbocycles. The summed E-state index contributed by atoms with van der Waals surface area (Å²) in [6.07, 6.45) is 1.75. The second-order valence-corrected chi connectivity index (χ2v) is 6.74. The van der Waals surface area contributed by atoms with E-state index in [4.69, 9.17) is 5.26 Å². The van der Waals surface area contributed by atoms with Crippen LogP contribution in [-0.4, -0.2) is 21.0 Å². The maximum Gasteiger partial charge on any atom is 0.258 e. The Morgan fingerprint density at radius 3 is 2.96 bits per heavy atom. The van der Waals surface area contributed by atoms with Crippen LogP contribution in [-0.2, 0) is 10.5 Å². The second-order valence-electron chi connectivity index (χ2n) is 5.75. The summed E-state index contributed by atoms with van der Waals surface area (Å²) >= 11 is 1.38. The maximum atomic E-state index is 12.2. The molecule has 0 bridgehead atoms. The number of carbonyl (C=O) groups is 1. The van der Waals surface area contributed by atoms with Gasteiger partial charge in [0.15, 0.2) is 0 Å². The number of nitrogens with zero attached hydrogens (tertiary/aromatic N) is 3. The largest absolute Gasteiger partial charge is 0.325 e. The zero-order chi connectivity index (χ0) is 18.5. The van der Waals surface area contributed by atoms with Gasteiger partial charge in [-0.1, -0.05) is 12.1 Å². The van der Waals surface area contributed by atoms with Crippen molar-refractivity contribution in [2.75, 3.05) is 11.1 Å². The number of nitriles is 1. The third-order valence-electron chi connectivity index (χ3n) is 3.62. The number of rotatable bonds is 5. The number of nitrogens with one attached hydrogen (secondary N) is 1. The Bertz CT molecular complexity index is 1070. The van der Waals surface area contributed by atoms with Crippen LogP contribution in [0.25, 0.3) is 5.65 Å². The topological polar surface area (TPSA) is 87.3 Å². The van der Waals surface area contributed by atoms with Gasteiger partial charge >= 0.3 is 0 Å². The zero-order valence-corrected chi connectivity index (χ0v) is 14.9. The monoisotopic (exact) mass is 364 g/mol. The quantitative estimate of drug-likeness (QED) is 0.752. The first-order valence-corrected chi connectivity index (χ1v) is 9.07. The predicted octanol–water partition coefficient (Wildman–Crippen LogP) is 2.75. The van der Waals surface area contributed by atoms with E-state index in [0.717, 1.165) is 5.56 Å². The van der Waals surface area contributed by atoms with Gasteiger partial charge in [0.1, 0.15) is 5.65 Å². The molecule has 0 aliphatic rings. The van der Waals surface area contributed by atoms with Gasteiger partial charge in [0.25, 0.3) is 5.56 Å². The maximum absolute atomic E-state index is 12.2. The molecule has 0 saturated carbocycles. The normalized spacial score (nSPS) is 10.5. The van der Waals surface area contributed by atoms with Crippen LogP contribution in [0.2, 0.25) is 0 Å². The zero-order valence-electron chi connectivity index (χ0n) is 14.1. The molecule has 0 radical (unpaired) electrons.